The number of benzene rings is 2. The van der Waals surface area contributed by atoms with Crippen LogP contribution in [0, 0.1) is 11.8 Å². The first-order valence-corrected chi connectivity index (χ1v) is 7.39. The Bertz CT molecular complexity index is 726. The predicted octanol–water partition coefficient (Wildman–Crippen LogP) is 3.42. The summed E-state index contributed by atoms with van der Waals surface area (Å²) in [7, 11) is 0. The van der Waals surface area contributed by atoms with E-state index in [-0.39, 0.29) is 0 Å². The van der Waals surface area contributed by atoms with Crippen LogP contribution < -0.4 is 0 Å². The van der Waals surface area contributed by atoms with E-state index < -0.39 is 5.97 Å². The first-order chi connectivity index (χ1) is 11.2. The predicted molar refractivity (Wildman–Crippen MR) is 92.2 cm³/mol. The first kappa shape index (κ1) is 16.5. The van der Waals surface area contributed by atoms with E-state index >= 15 is 0 Å². The normalized spacial score (nSPS) is 9.96. The third-order valence-corrected chi connectivity index (χ3v) is 3.34. The Kier molecular flexibility index (Phi) is 6.17. The average Bonchev–Trinajstić information content (AvgIpc) is 2.56. The standard InChI is InChI=1S/C20H19NO2/c1-2-14-21(15-8-11-17-9-4-3-5-10-17)16-18-12-6-7-13-19(18)20(22)23/h2-7,9-10,12-13H,1,14-16H2,(H,22,23). The molecule has 3 nitrogen and oxygen atoms in total. The molecule has 1 N–H and O–H groups in total. The maximum Gasteiger partial charge on any atom is 0.336 e. The highest BCUT2D eigenvalue weighted by molar-refractivity contribution is 5.89. The molecule has 2 aromatic carbocycles. The SMILES string of the molecule is C=CCN(CC#Cc1ccccc1)Cc1ccccc1C(=O)O. The third kappa shape index (κ3) is 5.14. The molecule has 0 aliphatic rings. The molecule has 2 rings (SSSR count). The first-order valence-electron chi connectivity index (χ1n) is 7.39. The second-order valence-corrected chi connectivity index (χ2v) is 5.09. The largest absolute Gasteiger partial charge is 0.478 e. The van der Waals surface area contributed by atoms with Crippen LogP contribution in [0.2, 0.25) is 0 Å². The highest BCUT2D eigenvalue weighted by Crippen LogP contribution is 2.11. The molecule has 2 aromatic rings. The van der Waals surface area contributed by atoms with Gasteiger partial charge in [0.05, 0.1) is 12.1 Å². The number of carboxylic acids is 1. The molecular formula is C20H19NO2. The lowest BCUT2D eigenvalue weighted by molar-refractivity contribution is 0.0694. The molecule has 0 aliphatic heterocycles. The molecule has 0 aliphatic carbocycles. The number of hydrogen-bond donors (Lipinski definition) is 1. The minimum Gasteiger partial charge on any atom is -0.478 e. The molecule has 116 valence electrons. The van der Waals surface area contributed by atoms with Crippen molar-refractivity contribution in [2.45, 2.75) is 6.54 Å². The number of hydrogen-bond acceptors (Lipinski definition) is 2. The summed E-state index contributed by atoms with van der Waals surface area (Å²) >= 11 is 0. The Hall–Kier alpha value is -2.83. The van der Waals surface area contributed by atoms with Crippen molar-refractivity contribution in [3.8, 4) is 11.8 Å². The molecule has 23 heavy (non-hydrogen) atoms. The summed E-state index contributed by atoms with van der Waals surface area (Å²) in [5.41, 5.74) is 2.08. The number of nitrogens with zero attached hydrogens (tertiary/aromatic N) is 1. The second-order valence-electron chi connectivity index (χ2n) is 5.09. The molecule has 3 heteroatoms. The lowest BCUT2D eigenvalue weighted by atomic mass is 10.1. The zero-order valence-electron chi connectivity index (χ0n) is 12.9. The van der Waals surface area contributed by atoms with Crippen LogP contribution in [0.4, 0.5) is 0 Å². The van der Waals surface area contributed by atoms with Crippen LogP contribution >= 0.6 is 0 Å². The molecule has 0 unspecified atom stereocenters. The second kappa shape index (κ2) is 8.57. The molecule has 0 atom stereocenters. The van der Waals surface area contributed by atoms with Gasteiger partial charge in [0, 0.05) is 18.7 Å². The molecule has 0 fully saturated rings. The van der Waals surface area contributed by atoms with Crippen LogP contribution in [0.1, 0.15) is 21.5 Å². The maximum atomic E-state index is 11.3. The maximum absolute atomic E-state index is 11.3. The van der Waals surface area contributed by atoms with E-state index in [9.17, 15) is 9.90 Å². The minimum absolute atomic E-state index is 0.331. The monoisotopic (exact) mass is 305 g/mol. The van der Waals surface area contributed by atoms with Crippen molar-refractivity contribution in [1.29, 1.82) is 0 Å². The van der Waals surface area contributed by atoms with E-state index in [0.29, 0.717) is 25.2 Å². The van der Waals surface area contributed by atoms with E-state index in [1.807, 2.05) is 42.5 Å². The van der Waals surface area contributed by atoms with E-state index in [1.165, 1.54) is 0 Å². The van der Waals surface area contributed by atoms with Crippen LogP contribution in [0.15, 0.2) is 67.3 Å². The number of carboxylic acid groups (broad SMARTS) is 1. The fourth-order valence-corrected chi connectivity index (χ4v) is 2.25. The van der Waals surface area contributed by atoms with E-state index in [0.717, 1.165) is 11.1 Å². The van der Waals surface area contributed by atoms with Crippen molar-refractivity contribution < 1.29 is 9.90 Å². The van der Waals surface area contributed by atoms with Gasteiger partial charge in [-0.1, -0.05) is 54.3 Å². The molecule has 0 heterocycles. The van der Waals surface area contributed by atoms with Gasteiger partial charge in [0.15, 0.2) is 0 Å². The molecule has 0 bridgehead atoms. The Morgan fingerprint density at radius 3 is 2.52 bits per heavy atom. The van der Waals surface area contributed by atoms with Crippen LogP contribution in [-0.2, 0) is 6.54 Å². The summed E-state index contributed by atoms with van der Waals surface area (Å²) in [5, 5.41) is 9.27. The van der Waals surface area contributed by atoms with Crippen molar-refractivity contribution in [2.75, 3.05) is 13.1 Å². The minimum atomic E-state index is -0.908. The summed E-state index contributed by atoms with van der Waals surface area (Å²) < 4.78 is 0. The number of aromatic carboxylic acids is 1. The van der Waals surface area contributed by atoms with Crippen molar-refractivity contribution in [3.05, 3.63) is 83.9 Å². The molecular weight excluding hydrogens is 286 g/mol. The number of rotatable bonds is 6. The lowest BCUT2D eigenvalue weighted by Crippen LogP contribution is -2.24. The van der Waals surface area contributed by atoms with Crippen LogP contribution in [0.5, 0.6) is 0 Å². The van der Waals surface area contributed by atoms with Crippen LogP contribution in [0.3, 0.4) is 0 Å². The van der Waals surface area contributed by atoms with Crippen molar-refractivity contribution in [3.63, 3.8) is 0 Å². The highest BCUT2D eigenvalue weighted by Gasteiger charge is 2.11. The van der Waals surface area contributed by atoms with Gasteiger partial charge in [-0.3, -0.25) is 4.90 Å². The van der Waals surface area contributed by atoms with Gasteiger partial charge in [0.2, 0.25) is 0 Å². The van der Waals surface area contributed by atoms with Gasteiger partial charge in [-0.2, -0.15) is 0 Å². The van der Waals surface area contributed by atoms with Crippen molar-refractivity contribution in [2.24, 2.45) is 0 Å². The molecule has 0 radical (unpaired) electrons. The zero-order valence-corrected chi connectivity index (χ0v) is 12.9. The summed E-state index contributed by atoms with van der Waals surface area (Å²) in [4.78, 5) is 13.4. The molecule has 0 saturated heterocycles. The molecule has 0 saturated carbocycles. The van der Waals surface area contributed by atoms with Gasteiger partial charge in [-0.25, -0.2) is 4.79 Å². The Morgan fingerprint density at radius 2 is 1.83 bits per heavy atom. The Balaban J connectivity index is 2.09. The fraction of sp³-hybridized carbons (Fsp3) is 0.150. The van der Waals surface area contributed by atoms with Crippen molar-refractivity contribution in [1.82, 2.24) is 4.90 Å². The zero-order chi connectivity index (χ0) is 16.5. The van der Waals surface area contributed by atoms with E-state index in [1.54, 1.807) is 18.2 Å². The van der Waals surface area contributed by atoms with Gasteiger partial charge < -0.3 is 5.11 Å². The molecule has 0 spiro atoms. The highest BCUT2D eigenvalue weighted by atomic mass is 16.4. The summed E-state index contributed by atoms with van der Waals surface area (Å²) in [6.07, 6.45) is 1.80. The smallest absolute Gasteiger partial charge is 0.336 e. The van der Waals surface area contributed by atoms with Crippen LogP contribution in [0.25, 0.3) is 0 Å². The van der Waals surface area contributed by atoms with Crippen molar-refractivity contribution >= 4 is 5.97 Å². The topological polar surface area (TPSA) is 40.5 Å². The van der Waals surface area contributed by atoms with E-state index in [4.69, 9.17) is 0 Å². The lowest BCUT2D eigenvalue weighted by Gasteiger charge is -2.18. The van der Waals surface area contributed by atoms with Crippen LogP contribution in [-0.4, -0.2) is 29.1 Å². The van der Waals surface area contributed by atoms with Gasteiger partial charge in [-0.15, -0.1) is 6.58 Å². The fourth-order valence-electron chi connectivity index (χ4n) is 2.25. The summed E-state index contributed by atoms with van der Waals surface area (Å²) in [6.45, 7) is 5.49. The quantitative estimate of drug-likeness (QED) is 0.656. The summed E-state index contributed by atoms with van der Waals surface area (Å²) in [5.74, 6) is 5.34. The molecule has 0 aromatic heterocycles. The van der Waals surface area contributed by atoms with Gasteiger partial charge in [0.25, 0.3) is 0 Å². The summed E-state index contributed by atoms with van der Waals surface area (Å²) in [6, 6.07) is 16.8. The Morgan fingerprint density at radius 1 is 1.13 bits per heavy atom. The van der Waals surface area contributed by atoms with Gasteiger partial charge >= 0.3 is 5.97 Å². The third-order valence-electron chi connectivity index (χ3n) is 3.34. The average molecular weight is 305 g/mol. The number of carbonyl (C=O) groups is 1. The van der Waals surface area contributed by atoms with Gasteiger partial charge in [0.1, 0.15) is 0 Å². The van der Waals surface area contributed by atoms with E-state index in [2.05, 4.69) is 23.3 Å². The van der Waals surface area contributed by atoms with Gasteiger partial charge in [-0.05, 0) is 23.8 Å². The Labute approximate surface area is 136 Å². The molecule has 0 amide bonds.